The smallest absolute Gasteiger partial charge is 0.231 e. The lowest BCUT2D eigenvalue weighted by molar-refractivity contribution is -0.116. The maximum absolute atomic E-state index is 13.3. The van der Waals surface area contributed by atoms with Gasteiger partial charge in [-0.05, 0) is 77.8 Å². The van der Waals surface area contributed by atoms with Gasteiger partial charge >= 0.3 is 0 Å². The van der Waals surface area contributed by atoms with Crippen molar-refractivity contribution in [1.82, 2.24) is 0 Å². The van der Waals surface area contributed by atoms with Gasteiger partial charge in [-0.2, -0.15) is 0 Å². The van der Waals surface area contributed by atoms with E-state index in [2.05, 4.69) is 94.2 Å². The fraction of sp³-hybridized carbons (Fsp3) is 0.387. The maximum atomic E-state index is 13.3. The van der Waals surface area contributed by atoms with Crippen molar-refractivity contribution in [3.05, 3.63) is 82.4 Å². The number of rotatable bonds is 9. The molecule has 5 nitrogen and oxygen atoms in total. The first-order valence-corrected chi connectivity index (χ1v) is 12.9. The van der Waals surface area contributed by atoms with Crippen LogP contribution in [-0.2, 0) is 11.3 Å². The van der Waals surface area contributed by atoms with Crippen LogP contribution in [0.4, 0.5) is 11.4 Å². The first-order valence-electron chi connectivity index (χ1n) is 12.9. The molecule has 1 heterocycles. The molecule has 0 saturated carbocycles. The molecule has 0 aliphatic carbocycles. The third kappa shape index (κ3) is 6.01. The molecule has 1 N–H and O–H groups in total. The Bertz CT molecular complexity index is 1190. The molecule has 1 aliphatic heterocycles. The highest BCUT2D eigenvalue weighted by atomic mass is 16.7. The fourth-order valence-electron chi connectivity index (χ4n) is 4.83. The van der Waals surface area contributed by atoms with E-state index in [1.54, 1.807) is 0 Å². The van der Waals surface area contributed by atoms with Gasteiger partial charge in [-0.25, -0.2) is 0 Å². The number of anilines is 2. The number of aryl methyl sites for hydroxylation is 2. The summed E-state index contributed by atoms with van der Waals surface area (Å²) >= 11 is 0. The first kappa shape index (κ1) is 25.6. The minimum Gasteiger partial charge on any atom is -0.454 e. The molecule has 3 aromatic rings. The average molecular weight is 487 g/mol. The molecule has 0 aromatic heterocycles. The lowest BCUT2D eigenvalue weighted by Gasteiger charge is -2.26. The third-order valence-electron chi connectivity index (χ3n) is 6.63. The lowest BCUT2D eigenvalue weighted by atomic mass is 9.92. The largest absolute Gasteiger partial charge is 0.454 e. The molecule has 0 bridgehead atoms. The molecule has 0 unspecified atom stereocenters. The number of hydrogen-bond donors (Lipinski definition) is 1. The van der Waals surface area contributed by atoms with E-state index in [4.69, 9.17) is 9.47 Å². The Labute approximate surface area is 215 Å². The number of ether oxygens (including phenoxy) is 2. The molecule has 1 amide bonds. The molecule has 0 saturated heterocycles. The van der Waals surface area contributed by atoms with E-state index in [1.807, 2.05) is 12.1 Å². The highest BCUT2D eigenvalue weighted by Gasteiger charge is 2.19. The summed E-state index contributed by atoms with van der Waals surface area (Å²) in [5, 5.41) is 3.27. The standard InChI is InChI=1S/C31H38N2O3/c1-20(2)26-8-7-9-27(21(3)4)31(26)32-30(34)12-13-33(25-15-22(5)14-23(6)16-25)18-24-10-11-28-29(17-24)36-19-35-28/h7-11,14-17,20-21H,12-13,18-19H2,1-6H3,(H,32,34). The fourth-order valence-corrected chi connectivity index (χ4v) is 4.83. The Morgan fingerprint density at radius 2 is 1.53 bits per heavy atom. The van der Waals surface area contributed by atoms with Gasteiger partial charge < -0.3 is 19.7 Å². The Morgan fingerprint density at radius 3 is 2.17 bits per heavy atom. The number of amides is 1. The lowest BCUT2D eigenvalue weighted by Crippen LogP contribution is -2.28. The van der Waals surface area contributed by atoms with Crippen LogP contribution in [0.25, 0.3) is 0 Å². The zero-order valence-corrected chi connectivity index (χ0v) is 22.4. The van der Waals surface area contributed by atoms with E-state index in [0.29, 0.717) is 31.3 Å². The quantitative estimate of drug-likeness (QED) is 0.344. The van der Waals surface area contributed by atoms with Crippen LogP contribution in [0.3, 0.4) is 0 Å². The Morgan fingerprint density at radius 1 is 0.889 bits per heavy atom. The summed E-state index contributed by atoms with van der Waals surface area (Å²) in [5.74, 6) is 2.25. The van der Waals surface area contributed by atoms with Gasteiger partial charge in [0.2, 0.25) is 12.7 Å². The highest BCUT2D eigenvalue weighted by molar-refractivity contribution is 5.93. The molecule has 3 aromatic carbocycles. The molecule has 4 rings (SSSR count). The molecule has 0 fully saturated rings. The van der Waals surface area contributed by atoms with Crippen LogP contribution in [-0.4, -0.2) is 19.2 Å². The van der Waals surface area contributed by atoms with Gasteiger partial charge in [-0.1, -0.05) is 58.0 Å². The Hall–Kier alpha value is -3.47. The Kier molecular flexibility index (Phi) is 7.88. The number of benzene rings is 3. The van der Waals surface area contributed by atoms with E-state index >= 15 is 0 Å². The van der Waals surface area contributed by atoms with Crippen LogP contribution in [0.1, 0.15) is 73.8 Å². The monoisotopic (exact) mass is 486 g/mol. The number of nitrogens with zero attached hydrogens (tertiary/aromatic N) is 1. The summed E-state index contributed by atoms with van der Waals surface area (Å²) in [4.78, 5) is 15.5. The normalized spacial score (nSPS) is 12.3. The number of fused-ring (bicyclic) bond motifs is 1. The second-order valence-corrected chi connectivity index (χ2v) is 10.4. The summed E-state index contributed by atoms with van der Waals surface area (Å²) in [7, 11) is 0. The van der Waals surface area contributed by atoms with Crippen LogP contribution in [0.5, 0.6) is 11.5 Å². The SMILES string of the molecule is Cc1cc(C)cc(N(CCC(=O)Nc2c(C(C)C)cccc2C(C)C)Cc2ccc3c(c2)OCO3)c1. The van der Waals surface area contributed by atoms with Crippen LogP contribution in [0.15, 0.2) is 54.6 Å². The van der Waals surface area contributed by atoms with Crippen molar-refractivity contribution in [3.8, 4) is 11.5 Å². The van der Waals surface area contributed by atoms with Gasteiger partial charge in [0.05, 0.1) is 0 Å². The molecule has 0 spiro atoms. The van der Waals surface area contributed by atoms with Crippen LogP contribution >= 0.6 is 0 Å². The summed E-state index contributed by atoms with van der Waals surface area (Å²) in [5.41, 5.74) is 7.98. The topological polar surface area (TPSA) is 50.8 Å². The average Bonchev–Trinajstić information content (AvgIpc) is 3.29. The Balaban J connectivity index is 1.54. The number of para-hydroxylation sites is 1. The van der Waals surface area contributed by atoms with Gasteiger partial charge in [-0.3, -0.25) is 4.79 Å². The van der Waals surface area contributed by atoms with Crippen molar-refractivity contribution in [2.75, 3.05) is 23.6 Å². The van der Waals surface area contributed by atoms with Crippen molar-refractivity contribution in [1.29, 1.82) is 0 Å². The minimum atomic E-state index is 0.0325. The van der Waals surface area contributed by atoms with E-state index in [-0.39, 0.29) is 12.7 Å². The van der Waals surface area contributed by atoms with Gasteiger partial charge in [-0.15, -0.1) is 0 Å². The van der Waals surface area contributed by atoms with E-state index < -0.39 is 0 Å². The maximum Gasteiger partial charge on any atom is 0.231 e. The predicted molar refractivity (Wildman–Crippen MR) is 147 cm³/mol. The molecule has 190 valence electrons. The summed E-state index contributed by atoms with van der Waals surface area (Å²) in [6.07, 6.45) is 0.390. The van der Waals surface area contributed by atoms with Crippen molar-refractivity contribution in [2.45, 2.75) is 66.3 Å². The van der Waals surface area contributed by atoms with Gasteiger partial charge in [0.25, 0.3) is 0 Å². The molecule has 5 heteroatoms. The molecule has 0 atom stereocenters. The van der Waals surface area contributed by atoms with Crippen molar-refractivity contribution < 1.29 is 14.3 Å². The third-order valence-corrected chi connectivity index (χ3v) is 6.63. The first-order chi connectivity index (χ1) is 17.2. The van der Waals surface area contributed by atoms with Crippen LogP contribution < -0.4 is 19.7 Å². The van der Waals surface area contributed by atoms with E-state index in [1.165, 1.54) is 22.3 Å². The zero-order valence-electron chi connectivity index (χ0n) is 22.4. The highest BCUT2D eigenvalue weighted by Crippen LogP contribution is 2.34. The zero-order chi connectivity index (χ0) is 25.8. The predicted octanol–water partition coefficient (Wildman–Crippen LogP) is 7.31. The van der Waals surface area contributed by atoms with Crippen molar-refractivity contribution in [3.63, 3.8) is 0 Å². The molecule has 1 aliphatic rings. The molecular weight excluding hydrogens is 448 g/mol. The van der Waals surface area contributed by atoms with Crippen LogP contribution in [0.2, 0.25) is 0 Å². The number of hydrogen-bond acceptors (Lipinski definition) is 4. The van der Waals surface area contributed by atoms with Crippen molar-refractivity contribution >= 4 is 17.3 Å². The number of carbonyl (C=O) groups is 1. The summed E-state index contributed by atoms with van der Waals surface area (Å²) < 4.78 is 11.1. The minimum absolute atomic E-state index is 0.0325. The molecular formula is C31H38N2O3. The van der Waals surface area contributed by atoms with Gasteiger partial charge in [0, 0.05) is 30.9 Å². The van der Waals surface area contributed by atoms with Gasteiger partial charge in [0.15, 0.2) is 11.5 Å². The van der Waals surface area contributed by atoms with E-state index in [9.17, 15) is 4.79 Å². The summed E-state index contributed by atoms with van der Waals surface area (Å²) in [6, 6.07) is 18.9. The van der Waals surface area contributed by atoms with Crippen LogP contribution in [0, 0.1) is 13.8 Å². The molecule has 0 radical (unpaired) electrons. The van der Waals surface area contributed by atoms with Crippen molar-refractivity contribution in [2.24, 2.45) is 0 Å². The number of carbonyl (C=O) groups excluding carboxylic acids is 1. The number of nitrogens with one attached hydrogen (secondary N) is 1. The van der Waals surface area contributed by atoms with Gasteiger partial charge in [0.1, 0.15) is 0 Å². The second-order valence-electron chi connectivity index (χ2n) is 10.4. The summed E-state index contributed by atoms with van der Waals surface area (Å²) in [6.45, 7) is 14.4. The second kappa shape index (κ2) is 11.1. The van der Waals surface area contributed by atoms with E-state index in [0.717, 1.165) is 28.4 Å². The molecule has 36 heavy (non-hydrogen) atoms.